The summed E-state index contributed by atoms with van der Waals surface area (Å²) >= 11 is 0. The lowest BCUT2D eigenvalue weighted by Gasteiger charge is -2.23. The second-order valence-electron chi connectivity index (χ2n) is 6.16. The van der Waals surface area contributed by atoms with E-state index in [1.807, 2.05) is 42.0 Å². The monoisotopic (exact) mass is 308 g/mol. The van der Waals surface area contributed by atoms with Gasteiger partial charge >= 0.3 is 0 Å². The summed E-state index contributed by atoms with van der Waals surface area (Å²) < 4.78 is 1.93. The maximum absolute atomic E-state index is 12.5. The van der Waals surface area contributed by atoms with E-state index in [1.165, 1.54) is 0 Å². The zero-order valence-electron chi connectivity index (χ0n) is 13.2. The van der Waals surface area contributed by atoms with Crippen LogP contribution >= 0.6 is 0 Å². The van der Waals surface area contributed by atoms with Gasteiger partial charge in [-0.15, -0.1) is 0 Å². The van der Waals surface area contributed by atoms with E-state index < -0.39 is 5.41 Å². The van der Waals surface area contributed by atoms with Gasteiger partial charge in [0.15, 0.2) is 0 Å². The Balaban J connectivity index is 1.70. The van der Waals surface area contributed by atoms with Crippen molar-refractivity contribution >= 4 is 5.91 Å². The zero-order valence-corrected chi connectivity index (χ0v) is 13.2. The third-order valence-corrected chi connectivity index (χ3v) is 4.65. The highest BCUT2D eigenvalue weighted by atomic mass is 16.2. The molecule has 0 saturated heterocycles. The van der Waals surface area contributed by atoms with Crippen molar-refractivity contribution < 1.29 is 4.79 Å². The van der Waals surface area contributed by atoms with Crippen molar-refractivity contribution in [2.24, 2.45) is 5.41 Å². The van der Waals surface area contributed by atoms with Crippen molar-refractivity contribution in [3.8, 4) is 11.8 Å². The first-order chi connectivity index (χ1) is 11.1. The topological polar surface area (TPSA) is 70.7 Å². The molecular weight excluding hydrogens is 288 g/mol. The van der Waals surface area contributed by atoms with Gasteiger partial charge < -0.3 is 9.88 Å². The smallest absolute Gasteiger partial charge is 0.240 e. The molecule has 1 saturated carbocycles. The second kappa shape index (κ2) is 6.25. The molecule has 1 aliphatic carbocycles. The minimum Gasteiger partial charge on any atom is -0.348 e. The molecule has 5 heteroatoms. The number of benzene rings is 1. The number of hydrogen-bond acceptors (Lipinski definition) is 3. The molecule has 1 amide bonds. The molecule has 5 nitrogen and oxygen atoms in total. The van der Waals surface area contributed by atoms with Crippen LogP contribution in [0, 0.1) is 16.7 Å². The number of nitrogens with one attached hydrogen (secondary N) is 1. The summed E-state index contributed by atoms with van der Waals surface area (Å²) in [5.74, 6) is -0.135. The molecule has 0 unspecified atom stereocenters. The van der Waals surface area contributed by atoms with Gasteiger partial charge in [-0.25, -0.2) is 4.98 Å². The molecule has 0 radical (unpaired) electrons. The van der Waals surface area contributed by atoms with E-state index in [-0.39, 0.29) is 11.9 Å². The summed E-state index contributed by atoms with van der Waals surface area (Å²) in [6, 6.07) is 10.1. The maximum Gasteiger partial charge on any atom is 0.240 e. The molecule has 1 heterocycles. The molecule has 0 bridgehead atoms. The Morgan fingerprint density at radius 2 is 2.04 bits per heavy atom. The van der Waals surface area contributed by atoms with Crippen molar-refractivity contribution in [3.63, 3.8) is 0 Å². The highest BCUT2D eigenvalue weighted by Crippen LogP contribution is 2.38. The van der Waals surface area contributed by atoms with Gasteiger partial charge in [-0.05, 0) is 37.5 Å². The highest BCUT2D eigenvalue weighted by Gasteiger charge is 2.41. The van der Waals surface area contributed by atoms with Crippen molar-refractivity contribution in [1.29, 1.82) is 5.26 Å². The van der Waals surface area contributed by atoms with E-state index in [4.69, 9.17) is 0 Å². The third kappa shape index (κ3) is 2.98. The van der Waals surface area contributed by atoms with Crippen LogP contribution in [0.3, 0.4) is 0 Å². The fourth-order valence-electron chi connectivity index (χ4n) is 3.13. The first-order valence-corrected chi connectivity index (χ1v) is 7.95. The SMILES string of the molecule is C[C@H](NC(=O)C1(C#N)CCCC1)c1ccc(-n2ccnc2)cc1. The van der Waals surface area contributed by atoms with Gasteiger partial charge in [0.2, 0.25) is 5.91 Å². The molecule has 3 rings (SSSR count). The highest BCUT2D eigenvalue weighted by molar-refractivity contribution is 5.86. The van der Waals surface area contributed by atoms with E-state index in [2.05, 4.69) is 16.4 Å². The van der Waals surface area contributed by atoms with E-state index in [0.717, 1.165) is 24.1 Å². The van der Waals surface area contributed by atoms with Gasteiger partial charge in [0, 0.05) is 18.1 Å². The van der Waals surface area contributed by atoms with Crippen molar-refractivity contribution in [2.45, 2.75) is 38.6 Å². The number of hydrogen-bond donors (Lipinski definition) is 1. The first kappa shape index (κ1) is 15.3. The van der Waals surface area contributed by atoms with E-state index in [0.29, 0.717) is 12.8 Å². The number of nitrogens with zero attached hydrogens (tertiary/aromatic N) is 3. The predicted molar refractivity (Wildman–Crippen MR) is 86.6 cm³/mol. The largest absolute Gasteiger partial charge is 0.348 e. The zero-order chi connectivity index (χ0) is 16.3. The van der Waals surface area contributed by atoms with Crippen LogP contribution in [0.15, 0.2) is 43.0 Å². The van der Waals surface area contributed by atoms with Crippen LogP contribution in [0.5, 0.6) is 0 Å². The Hall–Kier alpha value is -2.61. The lowest BCUT2D eigenvalue weighted by Crippen LogP contribution is -2.39. The Morgan fingerprint density at radius 3 is 2.61 bits per heavy atom. The van der Waals surface area contributed by atoms with Crippen LogP contribution in [0.25, 0.3) is 5.69 Å². The third-order valence-electron chi connectivity index (χ3n) is 4.65. The van der Waals surface area contributed by atoms with Crippen LogP contribution in [0.4, 0.5) is 0 Å². The number of rotatable bonds is 4. The van der Waals surface area contributed by atoms with E-state index >= 15 is 0 Å². The lowest BCUT2D eigenvalue weighted by atomic mass is 9.86. The van der Waals surface area contributed by atoms with Crippen LogP contribution in [0.2, 0.25) is 0 Å². The summed E-state index contributed by atoms with van der Waals surface area (Å²) in [6.07, 6.45) is 8.61. The molecule has 0 aliphatic heterocycles. The summed E-state index contributed by atoms with van der Waals surface area (Å²) in [7, 11) is 0. The average Bonchev–Trinajstić information content (AvgIpc) is 3.27. The number of imidazole rings is 1. The summed E-state index contributed by atoms with van der Waals surface area (Å²) in [4.78, 5) is 16.5. The van der Waals surface area contributed by atoms with E-state index in [9.17, 15) is 10.1 Å². The minimum atomic E-state index is -0.828. The number of carbonyl (C=O) groups excluding carboxylic acids is 1. The normalized spacial score (nSPS) is 17.4. The molecule has 1 aliphatic rings. The summed E-state index contributed by atoms with van der Waals surface area (Å²) in [6.45, 7) is 1.95. The van der Waals surface area contributed by atoms with Gasteiger partial charge in [-0.1, -0.05) is 25.0 Å². The lowest BCUT2D eigenvalue weighted by molar-refractivity contribution is -0.128. The molecule has 2 aromatic rings. The first-order valence-electron chi connectivity index (χ1n) is 7.95. The van der Waals surface area contributed by atoms with Crippen LogP contribution in [-0.2, 0) is 4.79 Å². The maximum atomic E-state index is 12.5. The van der Waals surface area contributed by atoms with E-state index in [1.54, 1.807) is 12.5 Å². The quantitative estimate of drug-likeness (QED) is 0.943. The molecule has 0 spiro atoms. The van der Waals surface area contributed by atoms with Crippen molar-refractivity contribution in [2.75, 3.05) is 0 Å². The van der Waals surface area contributed by atoms with Gasteiger partial charge in [0.25, 0.3) is 0 Å². The number of aromatic nitrogens is 2. The molecule has 1 aromatic carbocycles. The Labute approximate surface area is 136 Å². The summed E-state index contributed by atoms with van der Waals surface area (Å²) in [5, 5.41) is 12.4. The van der Waals surface area contributed by atoms with Crippen molar-refractivity contribution in [3.05, 3.63) is 48.5 Å². The molecule has 1 aromatic heterocycles. The van der Waals surface area contributed by atoms with Crippen LogP contribution in [0.1, 0.15) is 44.2 Å². The number of nitriles is 1. The summed E-state index contributed by atoms with van der Waals surface area (Å²) in [5.41, 5.74) is 1.22. The second-order valence-corrected chi connectivity index (χ2v) is 6.16. The standard InChI is InChI=1S/C18H20N4O/c1-14(21-17(23)18(12-19)8-2-3-9-18)15-4-6-16(7-5-15)22-11-10-20-13-22/h4-7,10-11,13-14H,2-3,8-9H2,1H3,(H,21,23)/t14-/m0/s1. The van der Waals surface area contributed by atoms with Gasteiger partial charge in [0.1, 0.15) is 5.41 Å². The fourth-order valence-corrected chi connectivity index (χ4v) is 3.13. The molecule has 1 fully saturated rings. The number of amides is 1. The molecule has 1 atom stereocenters. The van der Waals surface area contributed by atoms with Gasteiger partial charge in [0.05, 0.1) is 18.4 Å². The Morgan fingerprint density at radius 1 is 1.35 bits per heavy atom. The molecular formula is C18H20N4O. The molecule has 23 heavy (non-hydrogen) atoms. The predicted octanol–water partition coefficient (Wildman–Crippen LogP) is 3.13. The Kier molecular flexibility index (Phi) is 4.16. The van der Waals surface area contributed by atoms with Gasteiger partial charge in [-0.2, -0.15) is 5.26 Å². The minimum absolute atomic E-state index is 0.120. The van der Waals surface area contributed by atoms with Gasteiger partial charge in [-0.3, -0.25) is 4.79 Å². The fraction of sp³-hybridized carbons (Fsp3) is 0.389. The van der Waals surface area contributed by atoms with Crippen LogP contribution in [-0.4, -0.2) is 15.5 Å². The molecule has 1 N–H and O–H groups in total. The average molecular weight is 308 g/mol. The van der Waals surface area contributed by atoms with Crippen LogP contribution < -0.4 is 5.32 Å². The number of carbonyl (C=O) groups is 1. The van der Waals surface area contributed by atoms with Crippen molar-refractivity contribution in [1.82, 2.24) is 14.9 Å². The molecule has 118 valence electrons. The Bertz CT molecular complexity index is 706.